The number of rotatable bonds is 8. The number of hydrogen-bond donors (Lipinski definition) is 2. The number of morpholine rings is 1. The Labute approximate surface area is 206 Å². The molecule has 1 aliphatic heterocycles. The lowest BCUT2D eigenvalue weighted by molar-refractivity contribution is -0.121. The molecule has 1 amide bonds. The summed E-state index contributed by atoms with van der Waals surface area (Å²) in [4.78, 5) is 36.1. The lowest BCUT2D eigenvalue weighted by atomic mass is 9.90. The van der Waals surface area contributed by atoms with E-state index < -0.39 is 0 Å². The van der Waals surface area contributed by atoms with Crippen LogP contribution >= 0.6 is 0 Å². The molecule has 1 aliphatic carbocycles. The summed E-state index contributed by atoms with van der Waals surface area (Å²) in [5, 5.41) is 6.40. The van der Waals surface area contributed by atoms with E-state index in [0.29, 0.717) is 18.6 Å². The Balaban J connectivity index is 1.35. The molecule has 1 aromatic heterocycles. The second kappa shape index (κ2) is 12.0. The van der Waals surface area contributed by atoms with Crippen LogP contribution in [0, 0.1) is 0 Å². The summed E-state index contributed by atoms with van der Waals surface area (Å²) >= 11 is 0. The van der Waals surface area contributed by atoms with Gasteiger partial charge in [0.1, 0.15) is 5.82 Å². The highest BCUT2D eigenvalue weighted by molar-refractivity contribution is 6.18. The van der Waals surface area contributed by atoms with Gasteiger partial charge in [-0.1, -0.05) is 18.2 Å². The van der Waals surface area contributed by atoms with E-state index in [4.69, 9.17) is 9.72 Å². The van der Waals surface area contributed by atoms with Crippen molar-refractivity contribution in [2.24, 2.45) is 0 Å². The number of nitrogens with zero attached hydrogens (tertiary/aromatic N) is 3. The molecule has 0 atom stereocenters. The smallest absolute Gasteiger partial charge is 0.255 e. The number of Topliss-reactive ketones (excluding diaryl/α,β-unsaturated/α-hetero) is 1. The molecule has 0 unspecified atom stereocenters. The van der Waals surface area contributed by atoms with Crippen LogP contribution in [0.2, 0.25) is 0 Å². The molecule has 2 aliphatic rings. The molecule has 8 heteroatoms. The number of benzene rings is 1. The first-order chi connectivity index (χ1) is 17.0. The van der Waals surface area contributed by atoms with Crippen molar-refractivity contribution in [3.8, 4) is 0 Å². The van der Waals surface area contributed by atoms with Crippen molar-refractivity contribution in [2.45, 2.75) is 58.2 Å². The maximum absolute atomic E-state index is 12.4. The number of amides is 1. The van der Waals surface area contributed by atoms with Crippen molar-refractivity contribution in [2.75, 3.05) is 31.6 Å². The van der Waals surface area contributed by atoms with Crippen LogP contribution in [0.3, 0.4) is 0 Å². The Morgan fingerprint density at radius 1 is 1.14 bits per heavy atom. The summed E-state index contributed by atoms with van der Waals surface area (Å²) in [6.45, 7) is 7.32. The van der Waals surface area contributed by atoms with E-state index in [-0.39, 0.29) is 17.3 Å². The Bertz CT molecular complexity index is 1100. The van der Waals surface area contributed by atoms with Crippen LogP contribution in [0.15, 0.2) is 48.2 Å². The van der Waals surface area contributed by atoms with Crippen LogP contribution < -0.4 is 10.6 Å². The average molecular weight is 478 g/mol. The van der Waals surface area contributed by atoms with Gasteiger partial charge in [0.25, 0.3) is 5.91 Å². The van der Waals surface area contributed by atoms with E-state index in [0.717, 1.165) is 61.6 Å². The summed E-state index contributed by atoms with van der Waals surface area (Å²) in [6.07, 6.45) is 11.4. The Kier molecular flexibility index (Phi) is 8.60. The number of fused-ring (bicyclic) bond motifs is 1. The Morgan fingerprint density at radius 2 is 1.91 bits per heavy atom. The zero-order chi connectivity index (χ0) is 24.6. The monoisotopic (exact) mass is 477 g/mol. The third kappa shape index (κ3) is 6.74. The minimum Gasteiger partial charge on any atom is -0.379 e. The molecular weight excluding hydrogens is 442 g/mol. The first-order valence-corrected chi connectivity index (χ1v) is 12.5. The van der Waals surface area contributed by atoms with Crippen LogP contribution in [0.4, 0.5) is 5.82 Å². The molecule has 1 saturated heterocycles. The number of aromatic nitrogens is 2. The molecule has 0 spiro atoms. The zero-order valence-corrected chi connectivity index (χ0v) is 20.6. The van der Waals surface area contributed by atoms with E-state index in [2.05, 4.69) is 20.5 Å². The molecule has 186 valence electrons. The van der Waals surface area contributed by atoms with Gasteiger partial charge >= 0.3 is 0 Å². The molecule has 35 heavy (non-hydrogen) atoms. The van der Waals surface area contributed by atoms with Crippen molar-refractivity contribution in [1.82, 2.24) is 20.2 Å². The molecule has 2 heterocycles. The van der Waals surface area contributed by atoms with Gasteiger partial charge in [-0.3, -0.25) is 19.5 Å². The Morgan fingerprint density at radius 3 is 2.63 bits per heavy atom. The average Bonchev–Trinajstić information content (AvgIpc) is 2.88. The molecule has 0 radical (unpaired) electrons. The maximum Gasteiger partial charge on any atom is 0.255 e. The van der Waals surface area contributed by atoms with Crippen LogP contribution in [-0.4, -0.2) is 64.9 Å². The molecule has 2 N–H and O–H groups in total. The molecular formula is C27H35N5O3. The van der Waals surface area contributed by atoms with Gasteiger partial charge < -0.3 is 15.4 Å². The maximum atomic E-state index is 12.4. The van der Waals surface area contributed by atoms with E-state index in [1.54, 1.807) is 18.3 Å². The fraction of sp³-hybridized carbons (Fsp3) is 0.481. The molecule has 8 nitrogen and oxygen atoms in total. The summed E-state index contributed by atoms with van der Waals surface area (Å²) in [5.74, 6) is 0.131. The molecule has 1 aromatic carbocycles. The third-order valence-corrected chi connectivity index (χ3v) is 6.75. The number of carbonyl (C=O) groups is 2. The van der Waals surface area contributed by atoms with Gasteiger partial charge in [-0.2, -0.15) is 0 Å². The number of ketones is 1. The van der Waals surface area contributed by atoms with Gasteiger partial charge in [-0.15, -0.1) is 0 Å². The summed E-state index contributed by atoms with van der Waals surface area (Å²) in [6, 6.07) is 6.82. The Hall–Kier alpha value is -3.10. The number of carbonyl (C=O) groups excluding carboxylic acids is 2. The van der Waals surface area contributed by atoms with Crippen molar-refractivity contribution < 1.29 is 14.3 Å². The van der Waals surface area contributed by atoms with E-state index in [1.165, 1.54) is 25.8 Å². The highest BCUT2D eigenvalue weighted by atomic mass is 16.5. The fourth-order valence-corrected chi connectivity index (χ4v) is 4.80. The molecule has 0 bridgehead atoms. The van der Waals surface area contributed by atoms with Crippen LogP contribution in [0.1, 0.15) is 45.1 Å². The summed E-state index contributed by atoms with van der Waals surface area (Å²) in [5.41, 5.74) is 2.62. The second-order valence-electron chi connectivity index (χ2n) is 9.22. The lowest BCUT2D eigenvalue weighted by Crippen LogP contribution is -2.46. The number of hydrogen-bond acceptors (Lipinski definition) is 7. The number of nitrogens with one attached hydrogen (secondary N) is 2. The first kappa shape index (κ1) is 25.0. The minimum absolute atomic E-state index is 0.138. The van der Waals surface area contributed by atoms with Crippen molar-refractivity contribution >= 4 is 28.5 Å². The fourth-order valence-electron chi connectivity index (χ4n) is 4.80. The first-order valence-electron chi connectivity index (χ1n) is 12.5. The normalized spacial score (nSPS) is 21.8. The van der Waals surface area contributed by atoms with Gasteiger partial charge in [0.15, 0.2) is 5.78 Å². The van der Waals surface area contributed by atoms with Crippen LogP contribution in [0.25, 0.3) is 11.0 Å². The molecule has 2 fully saturated rings. The third-order valence-electron chi connectivity index (χ3n) is 6.75. The van der Waals surface area contributed by atoms with Crippen molar-refractivity contribution in [1.29, 1.82) is 0 Å². The minimum atomic E-state index is -0.384. The van der Waals surface area contributed by atoms with E-state index in [1.807, 2.05) is 25.1 Å². The van der Waals surface area contributed by atoms with Crippen molar-refractivity contribution in [3.05, 3.63) is 53.8 Å². The highest BCUT2D eigenvalue weighted by Crippen LogP contribution is 2.26. The second-order valence-corrected chi connectivity index (χ2v) is 9.22. The molecule has 1 saturated carbocycles. The largest absolute Gasteiger partial charge is 0.379 e. The van der Waals surface area contributed by atoms with Crippen LogP contribution in [-0.2, 0) is 20.9 Å². The van der Waals surface area contributed by atoms with Crippen molar-refractivity contribution in [3.63, 3.8) is 0 Å². The number of anilines is 1. The molecule has 4 rings (SSSR count). The topological polar surface area (TPSA) is 96.5 Å². The lowest BCUT2D eigenvalue weighted by Gasteiger charge is -2.39. The van der Waals surface area contributed by atoms with Crippen LogP contribution in [0.5, 0.6) is 0 Å². The van der Waals surface area contributed by atoms with Gasteiger partial charge in [0.2, 0.25) is 0 Å². The predicted octanol–water partition coefficient (Wildman–Crippen LogP) is 3.39. The number of ether oxygens (including phenoxy) is 1. The number of allylic oxidation sites excluding steroid dienone is 3. The quantitative estimate of drug-likeness (QED) is 0.260. The highest BCUT2D eigenvalue weighted by Gasteiger charge is 2.27. The van der Waals surface area contributed by atoms with Gasteiger partial charge in [0, 0.05) is 31.7 Å². The van der Waals surface area contributed by atoms with Gasteiger partial charge in [-0.25, -0.2) is 4.98 Å². The van der Waals surface area contributed by atoms with Gasteiger partial charge in [0.05, 0.1) is 36.0 Å². The summed E-state index contributed by atoms with van der Waals surface area (Å²) < 4.78 is 5.49. The predicted molar refractivity (Wildman–Crippen MR) is 137 cm³/mol. The van der Waals surface area contributed by atoms with E-state index >= 15 is 0 Å². The SMILES string of the molecule is C/C=C\C=C(/C(C)=O)C(=O)NCc1ccc2ncc(NC3CCC(N4CCOCC4)CC3)nc2c1. The van der Waals surface area contributed by atoms with E-state index in [9.17, 15) is 9.59 Å². The molecule has 2 aromatic rings. The summed E-state index contributed by atoms with van der Waals surface area (Å²) in [7, 11) is 0. The standard InChI is InChI=1S/C27H35N5O3/c1-3-4-5-23(19(2)33)27(34)29-17-20-6-11-24-25(16-20)31-26(18-28-24)30-21-7-9-22(10-8-21)32-12-14-35-15-13-32/h3-6,11,16,18,21-22H,7-10,12-15,17H2,1-2H3,(H,29,34)(H,30,31)/b4-3-,23-5+. The van der Waals surface area contributed by atoms with Gasteiger partial charge in [-0.05, 0) is 63.3 Å². The zero-order valence-electron chi connectivity index (χ0n) is 20.6.